The minimum absolute atomic E-state index is 0.604. The molecule has 1 N–H and O–H groups in total. The van der Waals surface area contributed by atoms with Crippen LogP contribution in [0.25, 0.3) is 0 Å². The second-order valence-corrected chi connectivity index (χ2v) is 4.95. The fourth-order valence-electron chi connectivity index (χ4n) is 1.88. The standard InChI is InChI=1S/C16H21N3O/c1-5-8-17-15-13(4)16(19-10-18-15)20-14-9-11(2)6-7-12(14)3/h6-7,9-10H,5,8H2,1-4H3,(H,17,18,19). The van der Waals surface area contributed by atoms with Crippen LogP contribution in [0.5, 0.6) is 11.6 Å². The van der Waals surface area contributed by atoms with Crippen LogP contribution in [0.4, 0.5) is 5.82 Å². The van der Waals surface area contributed by atoms with E-state index in [0.29, 0.717) is 5.88 Å². The van der Waals surface area contributed by atoms with Crippen molar-refractivity contribution in [3.05, 3.63) is 41.2 Å². The largest absolute Gasteiger partial charge is 0.438 e. The molecule has 0 fully saturated rings. The first-order valence-corrected chi connectivity index (χ1v) is 6.92. The summed E-state index contributed by atoms with van der Waals surface area (Å²) in [5.41, 5.74) is 3.19. The molecule has 0 amide bonds. The molecule has 2 aromatic rings. The number of nitrogens with one attached hydrogen (secondary N) is 1. The zero-order valence-electron chi connectivity index (χ0n) is 12.5. The summed E-state index contributed by atoms with van der Waals surface area (Å²) in [5, 5.41) is 3.28. The van der Waals surface area contributed by atoms with E-state index in [-0.39, 0.29) is 0 Å². The van der Waals surface area contributed by atoms with Crippen LogP contribution < -0.4 is 10.1 Å². The fourth-order valence-corrected chi connectivity index (χ4v) is 1.88. The highest BCUT2D eigenvalue weighted by Gasteiger charge is 2.10. The summed E-state index contributed by atoms with van der Waals surface area (Å²) in [6.07, 6.45) is 2.59. The first-order chi connectivity index (χ1) is 9.61. The van der Waals surface area contributed by atoms with Crippen LogP contribution in [0.3, 0.4) is 0 Å². The normalized spacial score (nSPS) is 10.4. The van der Waals surface area contributed by atoms with Crippen molar-refractivity contribution in [2.45, 2.75) is 34.1 Å². The molecular formula is C16H21N3O. The van der Waals surface area contributed by atoms with Crippen molar-refractivity contribution in [1.82, 2.24) is 9.97 Å². The predicted molar refractivity (Wildman–Crippen MR) is 81.5 cm³/mol. The number of ether oxygens (including phenoxy) is 1. The highest BCUT2D eigenvalue weighted by molar-refractivity contribution is 5.49. The summed E-state index contributed by atoms with van der Waals surface area (Å²) in [5.74, 6) is 2.28. The minimum atomic E-state index is 0.604. The number of rotatable bonds is 5. The second-order valence-electron chi connectivity index (χ2n) is 4.95. The van der Waals surface area contributed by atoms with Gasteiger partial charge in [-0.05, 0) is 44.4 Å². The third kappa shape index (κ3) is 3.26. The predicted octanol–water partition coefficient (Wildman–Crippen LogP) is 4.02. The maximum atomic E-state index is 5.95. The molecule has 0 unspecified atom stereocenters. The van der Waals surface area contributed by atoms with Gasteiger partial charge in [-0.25, -0.2) is 9.97 Å². The number of benzene rings is 1. The Hall–Kier alpha value is -2.10. The van der Waals surface area contributed by atoms with Gasteiger partial charge in [0, 0.05) is 6.54 Å². The molecule has 1 aromatic carbocycles. The van der Waals surface area contributed by atoms with Crippen LogP contribution in [0.1, 0.15) is 30.0 Å². The molecule has 4 nitrogen and oxygen atoms in total. The van der Waals surface area contributed by atoms with Crippen molar-refractivity contribution in [2.24, 2.45) is 0 Å². The maximum Gasteiger partial charge on any atom is 0.227 e. The van der Waals surface area contributed by atoms with E-state index in [1.54, 1.807) is 0 Å². The quantitative estimate of drug-likeness (QED) is 0.892. The average Bonchev–Trinajstić information content (AvgIpc) is 2.44. The van der Waals surface area contributed by atoms with E-state index in [0.717, 1.165) is 35.7 Å². The number of hydrogen-bond donors (Lipinski definition) is 1. The molecule has 0 spiro atoms. The molecule has 0 aliphatic carbocycles. The summed E-state index contributed by atoms with van der Waals surface area (Å²) in [7, 11) is 0. The average molecular weight is 271 g/mol. The molecule has 0 atom stereocenters. The Morgan fingerprint density at radius 1 is 1.15 bits per heavy atom. The second kappa shape index (κ2) is 6.37. The Kier molecular flexibility index (Phi) is 4.56. The van der Waals surface area contributed by atoms with Crippen LogP contribution in [-0.2, 0) is 0 Å². The molecule has 20 heavy (non-hydrogen) atoms. The van der Waals surface area contributed by atoms with Crippen molar-refractivity contribution in [3.8, 4) is 11.6 Å². The summed E-state index contributed by atoms with van der Waals surface area (Å²) < 4.78 is 5.95. The zero-order chi connectivity index (χ0) is 14.5. The molecule has 4 heteroatoms. The molecule has 106 valence electrons. The number of hydrogen-bond acceptors (Lipinski definition) is 4. The van der Waals surface area contributed by atoms with Gasteiger partial charge < -0.3 is 10.1 Å². The van der Waals surface area contributed by atoms with Gasteiger partial charge in [-0.15, -0.1) is 0 Å². The van der Waals surface area contributed by atoms with Crippen molar-refractivity contribution in [2.75, 3.05) is 11.9 Å². The Morgan fingerprint density at radius 2 is 1.95 bits per heavy atom. The van der Waals surface area contributed by atoms with Crippen molar-refractivity contribution >= 4 is 5.82 Å². The lowest BCUT2D eigenvalue weighted by Crippen LogP contribution is -2.05. The highest BCUT2D eigenvalue weighted by atomic mass is 16.5. The van der Waals surface area contributed by atoms with Crippen molar-refractivity contribution < 1.29 is 4.74 Å². The lowest BCUT2D eigenvalue weighted by molar-refractivity contribution is 0.454. The molecule has 0 radical (unpaired) electrons. The molecule has 1 aromatic heterocycles. The van der Waals surface area contributed by atoms with Gasteiger partial charge in [0.1, 0.15) is 17.9 Å². The SMILES string of the molecule is CCCNc1ncnc(Oc2cc(C)ccc2C)c1C. The summed E-state index contributed by atoms with van der Waals surface area (Å²) in [6.45, 7) is 9.06. The van der Waals surface area contributed by atoms with Crippen LogP contribution in [0.2, 0.25) is 0 Å². The topological polar surface area (TPSA) is 47.0 Å². The molecule has 0 saturated carbocycles. The van der Waals surface area contributed by atoms with E-state index >= 15 is 0 Å². The maximum absolute atomic E-state index is 5.95. The van der Waals surface area contributed by atoms with Crippen LogP contribution in [0, 0.1) is 20.8 Å². The molecule has 0 saturated heterocycles. The van der Waals surface area contributed by atoms with Gasteiger partial charge in [-0.2, -0.15) is 0 Å². The van der Waals surface area contributed by atoms with E-state index in [1.165, 1.54) is 11.9 Å². The summed E-state index contributed by atoms with van der Waals surface area (Å²) >= 11 is 0. The smallest absolute Gasteiger partial charge is 0.227 e. The van der Waals surface area contributed by atoms with E-state index in [4.69, 9.17) is 4.74 Å². The van der Waals surface area contributed by atoms with Crippen molar-refractivity contribution in [1.29, 1.82) is 0 Å². The number of aromatic nitrogens is 2. The summed E-state index contributed by atoms with van der Waals surface area (Å²) in [6, 6.07) is 6.15. The van der Waals surface area contributed by atoms with E-state index in [9.17, 15) is 0 Å². The van der Waals surface area contributed by atoms with E-state index in [2.05, 4.69) is 34.3 Å². The minimum Gasteiger partial charge on any atom is -0.438 e. The van der Waals surface area contributed by atoms with Gasteiger partial charge in [-0.1, -0.05) is 19.1 Å². The van der Waals surface area contributed by atoms with Crippen LogP contribution in [0.15, 0.2) is 24.5 Å². The van der Waals surface area contributed by atoms with E-state index < -0.39 is 0 Å². The molecule has 1 heterocycles. The molecule has 0 aliphatic rings. The van der Waals surface area contributed by atoms with Gasteiger partial charge in [0.2, 0.25) is 5.88 Å². The van der Waals surface area contributed by atoms with E-state index in [1.807, 2.05) is 26.8 Å². The van der Waals surface area contributed by atoms with Crippen LogP contribution in [-0.4, -0.2) is 16.5 Å². The molecular weight excluding hydrogens is 250 g/mol. The van der Waals surface area contributed by atoms with Crippen molar-refractivity contribution in [3.63, 3.8) is 0 Å². The number of aryl methyl sites for hydroxylation is 2. The third-order valence-corrected chi connectivity index (χ3v) is 3.13. The molecule has 2 rings (SSSR count). The summed E-state index contributed by atoms with van der Waals surface area (Å²) in [4.78, 5) is 8.50. The third-order valence-electron chi connectivity index (χ3n) is 3.13. The zero-order valence-corrected chi connectivity index (χ0v) is 12.5. The monoisotopic (exact) mass is 271 g/mol. The Balaban J connectivity index is 2.27. The number of anilines is 1. The Labute approximate surface area is 120 Å². The molecule has 0 bridgehead atoms. The van der Waals surface area contributed by atoms with Gasteiger partial charge in [-0.3, -0.25) is 0 Å². The lowest BCUT2D eigenvalue weighted by atomic mass is 10.1. The van der Waals surface area contributed by atoms with Gasteiger partial charge in [0.15, 0.2) is 0 Å². The fraction of sp³-hybridized carbons (Fsp3) is 0.375. The first kappa shape index (κ1) is 14.3. The lowest BCUT2D eigenvalue weighted by Gasteiger charge is -2.13. The van der Waals surface area contributed by atoms with Gasteiger partial charge >= 0.3 is 0 Å². The molecule has 0 aliphatic heterocycles. The van der Waals surface area contributed by atoms with Crippen LogP contribution >= 0.6 is 0 Å². The number of nitrogens with zero attached hydrogens (tertiary/aromatic N) is 2. The van der Waals surface area contributed by atoms with Gasteiger partial charge in [0.05, 0.1) is 5.56 Å². The Morgan fingerprint density at radius 3 is 2.70 bits per heavy atom. The first-order valence-electron chi connectivity index (χ1n) is 6.92. The van der Waals surface area contributed by atoms with Gasteiger partial charge in [0.25, 0.3) is 0 Å². The highest BCUT2D eigenvalue weighted by Crippen LogP contribution is 2.28. The Bertz CT molecular complexity index is 596.